The minimum Gasteiger partial charge on any atom is -0.493 e. The van der Waals surface area contributed by atoms with Gasteiger partial charge in [-0.15, -0.1) is 0 Å². The molecule has 0 saturated heterocycles. The molecule has 6 heteroatoms. The fourth-order valence-corrected chi connectivity index (χ4v) is 2.47. The van der Waals surface area contributed by atoms with Gasteiger partial charge in [-0.2, -0.15) is 0 Å². The average molecular weight is 330 g/mol. The third-order valence-corrected chi connectivity index (χ3v) is 3.79. The molecule has 0 heterocycles. The molecule has 1 rings (SSSR count). The quantitative estimate of drug-likeness (QED) is 0.608. The summed E-state index contributed by atoms with van der Waals surface area (Å²) in [7, 11) is 3.15. The van der Waals surface area contributed by atoms with E-state index in [1.807, 2.05) is 12.1 Å². The lowest BCUT2D eigenvalue weighted by atomic mass is 10.1. The van der Waals surface area contributed by atoms with Crippen molar-refractivity contribution in [2.24, 2.45) is 0 Å². The van der Waals surface area contributed by atoms with Crippen molar-refractivity contribution in [3.8, 4) is 11.5 Å². The fourth-order valence-electron chi connectivity index (χ4n) is 2.17. The van der Waals surface area contributed by atoms with E-state index in [1.54, 1.807) is 14.2 Å². The number of benzene rings is 1. The summed E-state index contributed by atoms with van der Waals surface area (Å²) in [5.74, 6) is 0.452. The van der Waals surface area contributed by atoms with Crippen LogP contribution < -0.4 is 14.8 Å². The maximum atomic E-state index is 10.4. The summed E-state index contributed by atoms with van der Waals surface area (Å²) in [6.45, 7) is 1.53. The maximum absolute atomic E-state index is 10.4. The van der Waals surface area contributed by atoms with Crippen molar-refractivity contribution in [2.45, 2.75) is 38.6 Å². The van der Waals surface area contributed by atoms with E-state index in [0.717, 1.165) is 37.8 Å². The predicted molar refractivity (Wildman–Crippen MR) is 87.0 cm³/mol. The van der Waals surface area contributed by atoms with E-state index in [1.165, 1.54) is 0 Å². The van der Waals surface area contributed by atoms with Gasteiger partial charge in [0.2, 0.25) is 0 Å². The summed E-state index contributed by atoms with van der Waals surface area (Å²) in [4.78, 5) is 10.4. The van der Waals surface area contributed by atoms with Gasteiger partial charge in [-0.3, -0.25) is 4.79 Å². The van der Waals surface area contributed by atoms with E-state index in [2.05, 4.69) is 5.32 Å². The van der Waals surface area contributed by atoms with E-state index in [9.17, 15) is 4.79 Å². The standard InChI is InChI=1S/C16H24ClNO4/c1-21-13-9-8-12(15(17)16(13)22-2)11-18-10-6-4-3-5-7-14(19)20/h8-9,18H,3-7,10-11H2,1-2H3,(H,19,20). The number of rotatable bonds is 11. The SMILES string of the molecule is COc1ccc(CNCCCCCCC(=O)O)c(Cl)c1OC. The normalized spacial score (nSPS) is 10.5. The Morgan fingerprint density at radius 2 is 1.91 bits per heavy atom. The largest absolute Gasteiger partial charge is 0.493 e. The lowest BCUT2D eigenvalue weighted by Crippen LogP contribution is -2.15. The molecule has 0 aromatic heterocycles. The number of carboxylic acids is 1. The Morgan fingerprint density at radius 3 is 2.55 bits per heavy atom. The minimum absolute atomic E-state index is 0.259. The molecule has 0 spiro atoms. The molecule has 0 bridgehead atoms. The molecule has 0 aliphatic carbocycles. The molecule has 0 fully saturated rings. The Kier molecular flexibility index (Phi) is 8.70. The van der Waals surface area contributed by atoms with Crippen LogP contribution in [-0.4, -0.2) is 31.8 Å². The number of nitrogens with one attached hydrogen (secondary N) is 1. The van der Waals surface area contributed by atoms with Crippen LogP contribution in [0.2, 0.25) is 5.02 Å². The number of hydrogen-bond donors (Lipinski definition) is 2. The summed E-state index contributed by atoms with van der Waals surface area (Å²) in [5, 5.41) is 12.4. The molecule has 1 aromatic rings. The van der Waals surface area contributed by atoms with Gasteiger partial charge in [0.1, 0.15) is 0 Å². The third kappa shape index (κ3) is 6.12. The van der Waals surface area contributed by atoms with Crippen molar-refractivity contribution in [3.05, 3.63) is 22.7 Å². The highest BCUT2D eigenvalue weighted by atomic mass is 35.5. The van der Waals surface area contributed by atoms with E-state index in [0.29, 0.717) is 23.1 Å². The highest BCUT2D eigenvalue weighted by Crippen LogP contribution is 2.37. The summed E-state index contributed by atoms with van der Waals surface area (Å²) in [6.07, 6.45) is 4.00. The Balaban J connectivity index is 2.29. The van der Waals surface area contributed by atoms with E-state index < -0.39 is 5.97 Å². The second kappa shape index (κ2) is 10.3. The van der Waals surface area contributed by atoms with Gasteiger partial charge in [0.15, 0.2) is 11.5 Å². The molecule has 0 aliphatic heterocycles. The van der Waals surface area contributed by atoms with Crippen molar-refractivity contribution in [1.29, 1.82) is 0 Å². The molecule has 0 unspecified atom stereocenters. The zero-order valence-electron chi connectivity index (χ0n) is 13.2. The molecule has 0 atom stereocenters. The van der Waals surface area contributed by atoms with Gasteiger partial charge in [-0.25, -0.2) is 0 Å². The second-order valence-corrected chi connectivity index (χ2v) is 5.39. The summed E-state index contributed by atoms with van der Waals surface area (Å²) in [5.41, 5.74) is 0.963. The monoisotopic (exact) mass is 329 g/mol. The van der Waals surface area contributed by atoms with Crippen LogP contribution >= 0.6 is 11.6 Å². The van der Waals surface area contributed by atoms with Crippen LogP contribution in [0.25, 0.3) is 0 Å². The molecule has 0 amide bonds. The first kappa shape index (κ1) is 18.6. The number of ether oxygens (including phenoxy) is 2. The van der Waals surface area contributed by atoms with Crippen molar-refractivity contribution in [3.63, 3.8) is 0 Å². The predicted octanol–water partition coefficient (Wildman–Crippen LogP) is 3.48. The number of carbonyl (C=O) groups is 1. The Hall–Kier alpha value is -1.46. The molecule has 5 nitrogen and oxygen atoms in total. The topological polar surface area (TPSA) is 67.8 Å². The number of carboxylic acid groups (broad SMARTS) is 1. The van der Waals surface area contributed by atoms with Crippen LogP contribution in [0.1, 0.15) is 37.7 Å². The third-order valence-electron chi connectivity index (χ3n) is 3.37. The molecular weight excluding hydrogens is 306 g/mol. The van der Waals surface area contributed by atoms with Crippen LogP contribution in [0.3, 0.4) is 0 Å². The fraction of sp³-hybridized carbons (Fsp3) is 0.562. The number of unbranched alkanes of at least 4 members (excludes halogenated alkanes) is 3. The number of methoxy groups -OCH3 is 2. The van der Waals surface area contributed by atoms with Gasteiger partial charge >= 0.3 is 5.97 Å². The molecule has 1 aromatic carbocycles. The van der Waals surface area contributed by atoms with Gasteiger partial charge in [-0.05, 0) is 31.0 Å². The molecule has 22 heavy (non-hydrogen) atoms. The average Bonchev–Trinajstić information content (AvgIpc) is 2.50. The molecule has 0 aliphatic rings. The Morgan fingerprint density at radius 1 is 1.18 bits per heavy atom. The number of hydrogen-bond acceptors (Lipinski definition) is 4. The van der Waals surface area contributed by atoms with Gasteiger partial charge in [0, 0.05) is 13.0 Å². The Bertz CT molecular complexity index is 479. The smallest absolute Gasteiger partial charge is 0.303 e. The lowest BCUT2D eigenvalue weighted by Gasteiger charge is -2.13. The van der Waals surface area contributed by atoms with E-state index >= 15 is 0 Å². The molecule has 0 radical (unpaired) electrons. The minimum atomic E-state index is -0.721. The molecule has 124 valence electrons. The van der Waals surface area contributed by atoms with Crippen LogP contribution in [0.4, 0.5) is 0 Å². The van der Waals surface area contributed by atoms with Crippen molar-refractivity contribution >= 4 is 17.6 Å². The van der Waals surface area contributed by atoms with Crippen LogP contribution in [0.5, 0.6) is 11.5 Å². The first-order chi connectivity index (χ1) is 10.6. The maximum Gasteiger partial charge on any atom is 0.303 e. The van der Waals surface area contributed by atoms with Crippen LogP contribution in [0, 0.1) is 0 Å². The zero-order valence-corrected chi connectivity index (χ0v) is 13.9. The van der Waals surface area contributed by atoms with E-state index in [-0.39, 0.29) is 6.42 Å². The lowest BCUT2D eigenvalue weighted by molar-refractivity contribution is -0.137. The highest BCUT2D eigenvalue weighted by molar-refractivity contribution is 6.33. The zero-order chi connectivity index (χ0) is 16.4. The number of aliphatic carboxylic acids is 1. The van der Waals surface area contributed by atoms with Crippen molar-refractivity contribution in [2.75, 3.05) is 20.8 Å². The van der Waals surface area contributed by atoms with Gasteiger partial charge in [0.05, 0.1) is 19.2 Å². The Labute approximate surface area is 136 Å². The molecular formula is C16H24ClNO4. The first-order valence-electron chi connectivity index (χ1n) is 7.42. The van der Waals surface area contributed by atoms with Crippen molar-refractivity contribution in [1.82, 2.24) is 5.32 Å². The molecule has 2 N–H and O–H groups in total. The summed E-state index contributed by atoms with van der Waals surface area (Å²) < 4.78 is 10.5. The number of halogens is 1. The van der Waals surface area contributed by atoms with Crippen LogP contribution in [-0.2, 0) is 11.3 Å². The first-order valence-corrected chi connectivity index (χ1v) is 7.79. The molecule has 0 saturated carbocycles. The van der Waals surface area contributed by atoms with E-state index in [4.69, 9.17) is 26.2 Å². The summed E-state index contributed by atoms with van der Waals surface area (Å²) in [6, 6.07) is 3.76. The van der Waals surface area contributed by atoms with Gasteiger partial charge in [0.25, 0.3) is 0 Å². The summed E-state index contributed by atoms with van der Waals surface area (Å²) >= 11 is 6.30. The van der Waals surface area contributed by atoms with Gasteiger partial charge < -0.3 is 19.9 Å². The van der Waals surface area contributed by atoms with Crippen molar-refractivity contribution < 1.29 is 19.4 Å². The van der Waals surface area contributed by atoms with Gasteiger partial charge in [-0.1, -0.05) is 30.5 Å². The second-order valence-electron chi connectivity index (χ2n) is 5.01. The highest BCUT2D eigenvalue weighted by Gasteiger charge is 2.12. The van der Waals surface area contributed by atoms with Crippen LogP contribution in [0.15, 0.2) is 12.1 Å².